The predicted molar refractivity (Wildman–Crippen MR) is 49.5 cm³/mol. The maximum absolute atomic E-state index is 13.3. The van der Waals surface area contributed by atoms with Crippen molar-refractivity contribution in [3.8, 4) is 0 Å². The number of halogens is 2. The molecule has 0 aliphatic carbocycles. The summed E-state index contributed by atoms with van der Waals surface area (Å²) < 4.78 is 13.3. The van der Waals surface area contributed by atoms with Crippen molar-refractivity contribution in [3.63, 3.8) is 0 Å². The largest absolute Gasteiger partial charge is 0.329 e. The van der Waals surface area contributed by atoms with E-state index in [1.807, 2.05) is 0 Å². The van der Waals surface area contributed by atoms with Gasteiger partial charge in [0.1, 0.15) is 5.82 Å². The second-order valence-corrected chi connectivity index (χ2v) is 3.04. The highest BCUT2D eigenvalue weighted by atomic mass is 35.5. The van der Waals surface area contributed by atoms with E-state index in [2.05, 4.69) is 4.98 Å². The maximum atomic E-state index is 13.3. The third-order valence-electron chi connectivity index (χ3n) is 1.84. The Bertz CT molecular complexity index is 520. The van der Waals surface area contributed by atoms with Gasteiger partial charge in [-0.2, -0.15) is 0 Å². The Morgan fingerprint density at radius 1 is 1.23 bits per heavy atom. The predicted octanol–water partition coefficient (Wildman–Crippen LogP) is 2.32. The van der Waals surface area contributed by atoms with Crippen LogP contribution >= 0.6 is 11.6 Å². The van der Waals surface area contributed by atoms with Gasteiger partial charge in [0.05, 0.1) is 5.02 Å². The average molecular weight is 198 g/mol. The average Bonchev–Trinajstić information content (AvgIpc) is 2.12. The summed E-state index contributed by atoms with van der Waals surface area (Å²) in [5.74, 6) is -0.551. The van der Waals surface area contributed by atoms with Crippen molar-refractivity contribution in [1.29, 1.82) is 0 Å². The molecule has 0 fully saturated rings. The molecule has 0 aliphatic heterocycles. The molecule has 13 heavy (non-hydrogen) atoms. The summed E-state index contributed by atoms with van der Waals surface area (Å²) in [5, 5.41) is 0.582. The molecule has 2 aromatic rings. The lowest BCUT2D eigenvalue weighted by Crippen LogP contribution is -2.04. The summed E-state index contributed by atoms with van der Waals surface area (Å²) in [6, 6.07) is 4.35. The van der Waals surface area contributed by atoms with Gasteiger partial charge in [0.15, 0.2) is 0 Å². The van der Waals surface area contributed by atoms with Crippen LogP contribution in [0.5, 0.6) is 0 Å². The van der Waals surface area contributed by atoms with Crippen LogP contribution in [0.2, 0.25) is 5.02 Å². The van der Waals surface area contributed by atoms with Crippen LogP contribution in [0.1, 0.15) is 0 Å². The summed E-state index contributed by atoms with van der Waals surface area (Å²) >= 11 is 5.55. The zero-order valence-corrected chi connectivity index (χ0v) is 7.23. The van der Waals surface area contributed by atoms with E-state index in [4.69, 9.17) is 11.6 Å². The zero-order valence-electron chi connectivity index (χ0n) is 6.47. The molecular formula is C9H5ClFNO. The number of hydrogen-bond acceptors (Lipinski definition) is 1. The minimum Gasteiger partial charge on any atom is -0.329 e. The number of fused-ring (bicyclic) bond motifs is 1. The van der Waals surface area contributed by atoms with Crippen molar-refractivity contribution < 1.29 is 4.39 Å². The van der Waals surface area contributed by atoms with Gasteiger partial charge < -0.3 is 4.98 Å². The number of aromatic nitrogens is 1. The Labute approximate surface area is 78.0 Å². The van der Waals surface area contributed by atoms with Crippen molar-refractivity contribution in [2.24, 2.45) is 0 Å². The first-order chi connectivity index (χ1) is 6.20. The van der Waals surface area contributed by atoms with E-state index in [1.165, 1.54) is 24.4 Å². The molecule has 0 saturated carbocycles. The van der Waals surface area contributed by atoms with Gasteiger partial charge >= 0.3 is 0 Å². The third kappa shape index (κ3) is 1.21. The fourth-order valence-corrected chi connectivity index (χ4v) is 1.37. The minimum absolute atomic E-state index is 0.0260. The molecule has 0 amide bonds. The molecule has 1 aromatic carbocycles. The molecule has 66 valence electrons. The highest BCUT2D eigenvalue weighted by Gasteiger charge is 2.06. The molecule has 0 radical (unpaired) electrons. The summed E-state index contributed by atoms with van der Waals surface area (Å²) in [7, 11) is 0. The summed E-state index contributed by atoms with van der Waals surface area (Å²) in [5.41, 5.74) is -0.312. The number of aromatic amines is 1. The normalized spacial score (nSPS) is 10.6. The Balaban J connectivity index is 3.03. The molecule has 4 heteroatoms. The molecule has 0 unspecified atom stereocenters. The van der Waals surface area contributed by atoms with Crippen molar-refractivity contribution in [2.75, 3.05) is 0 Å². The highest BCUT2D eigenvalue weighted by molar-refractivity contribution is 6.31. The first-order valence-electron chi connectivity index (χ1n) is 3.65. The monoisotopic (exact) mass is 197 g/mol. The number of hydrogen-bond donors (Lipinski definition) is 1. The Morgan fingerprint density at radius 2 is 2.00 bits per heavy atom. The molecule has 0 bridgehead atoms. The molecule has 0 spiro atoms. The topological polar surface area (TPSA) is 32.9 Å². The smallest absolute Gasteiger partial charge is 0.255 e. The number of H-pyrrole nitrogens is 1. The molecular weight excluding hydrogens is 193 g/mol. The van der Waals surface area contributed by atoms with E-state index in [9.17, 15) is 9.18 Å². The molecule has 0 saturated heterocycles. The molecule has 2 rings (SSSR count). The highest BCUT2D eigenvalue weighted by Crippen LogP contribution is 2.21. The summed E-state index contributed by atoms with van der Waals surface area (Å²) in [6.45, 7) is 0. The molecule has 1 N–H and O–H groups in total. The van der Waals surface area contributed by atoms with E-state index >= 15 is 0 Å². The molecule has 0 atom stereocenters. The van der Waals surface area contributed by atoms with Crippen LogP contribution in [0.3, 0.4) is 0 Å². The first kappa shape index (κ1) is 8.26. The van der Waals surface area contributed by atoms with Crippen LogP contribution in [0.4, 0.5) is 4.39 Å². The van der Waals surface area contributed by atoms with Crippen molar-refractivity contribution in [3.05, 3.63) is 45.6 Å². The van der Waals surface area contributed by atoms with E-state index in [1.54, 1.807) is 0 Å². The maximum Gasteiger partial charge on any atom is 0.255 e. The van der Waals surface area contributed by atoms with Gasteiger partial charge in [0.2, 0.25) is 0 Å². The number of rotatable bonds is 0. The zero-order chi connectivity index (χ0) is 9.42. The van der Waals surface area contributed by atoms with Gasteiger partial charge in [0.25, 0.3) is 5.56 Å². The molecule has 1 heterocycles. The Morgan fingerprint density at radius 3 is 2.77 bits per heavy atom. The quantitative estimate of drug-likeness (QED) is 0.691. The van der Waals surface area contributed by atoms with Crippen molar-refractivity contribution in [2.45, 2.75) is 0 Å². The van der Waals surface area contributed by atoms with Gasteiger partial charge in [-0.3, -0.25) is 4.79 Å². The van der Waals surface area contributed by atoms with Crippen LogP contribution in [-0.2, 0) is 0 Å². The van der Waals surface area contributed by atoms with Crippen LogP contribution in [-0.4, -0.2) is 4.98 Å². The van der Waals surface area contributed by atoms with Crippen LogP contribution in [0.25, 0.3) is 10.8 Å². The van der Waals surface area contributed by atoms with E-state index in [-0.39, 0.29) is 16.0 Å². The van der Waals surface area contributed by atoms with Crippen molar-refractivity contribution in [1.82, 2.24) is 4.98 Å². The SMILES string of the molecule is O=c1[nH]ccc2c(F)c(Cl)ccc12. The van der Waals surface area contributed by atoms with Gasteiger partial charge in [-0.25, -0.2) is 4.39 Å². The number of nitrogens with one attached hydrogen (secondary N) is 1. The molecule has 1 aromatic heterocycles. The van der Waals surface area contributed by atoms with Crippen LogP contribution < -0.4 is 5.56 Å². The summed E-state index contributed by atoms with van der Waals surface area (Å²) in [4.78, 5) is 13.6. The lowest BCUT2D eigenvalue weighted by molar-refractivity contribution is 0.640. The number of benzene rings is 1. The van der Waals surface area contributed by atoms with Gasteiger partial charge in [-0.15, -0.1) is 0 Å². The van der Waals surface area contributed by atoms with E-state index in [0.29, 0.717) is 5.39 Å². The van der Waals surface area contributed by atoms with Crippen LogP contribution in [0.15, 0.2) is 29.2 Å². The van der Waals surface area contributed by atoms with E-state index < -0.39 is 5.82 Å². The van der Waals surface area contributed by atoms with Crippen LogP contribution in [0, 0.1) is 5.82 Å². The number of pyridine rings is 1. The van der Waals surface area contributed by atoms with E-state index in [0.717, 1.165) is 0 Å². The minimum atomic E-state index is -0.551. The summed E-state index contributed by atoms with van der Waals surface area (Å²) in [6.07, 6.45) is 1.39. The fraction of sp³-hybridized carbons (Fsp3) is 0. The fourth-order valence-electron chi connectivity index (χ4n) is 1.21. The van der Waals surface area contributed by atoms with Gasteiger partial charge in [0, 0.05) is 17.0 Å². The Hall–Kier alpha value is -1.35. The second-order valence-electron chi connectivity index (χ2n) is 2.63. The van der Waals surface area contributed by atoms with Crippen molar-refractivity contribution >= 4 is 22.4 Å². The third-order valence-corrected chi connectivity index (χ3v) is 2.13. The van der Waals surface area contributed by atoms with Gasteiger partial charge in [-0.1, -0.05) is 11.6 Å². The molecule has 2 nitrogen and oxygen atoms in total. The second kappa shape index (κ2) is 2.85. The van der Waals surface area contributed by atoms with Gasteiger partial charge in [-0.05, 0) is 18.2 Å². The standard InChI is InChI=1S/C9H5ClFNO/c10-7-2-1-6-5(8(7)11)3-4-12-9(6)13/h1-4H,(H,12,13). The lowest BCUT2D eigenvalue weighted by atomic mass is 10.2. The lowest BCUT2D eigenvalue weighted by Gasteiger charge is -1.98. The molecule has 0 aliphatic rings. The first-order valence-corrected chi connectivity index (χ1v) is 4.03. The Kier molecular flexibility index (Phi) is 1.81.